The summed E-state index contributed by atoms with van der Waals surface area (Å²) in [6, 6.07) is 9.63. The standard InChI is InChI=1S/C21H28N4O2S/c1-16-17(2)28-21(22-16)23-19(26)15-25(14-8-13-24(3)4)20(27)12-11-18-9-6-5-7-10-18/h5-7,9-12H,8,13-15H2,1-4H3,(H,22,23,26). The van der Waals surface area contributed by atoms with E-state index in [1.54, 1.807) is 11.0 Å². The molecule has 0 saturated carbocycles. The van der Waals surface area contributed by atoms with Crippen LogP contribution < -0.4 is 5.32 Å². The Bertz CT molecular complexity index is 796. The number of rotatable bonds is 9. The lowest BCUT2D eigenvalue weighted by atomic mass is 10.2. The Morgan fingerprint density at radius 3 is 2.46 bits per heavy atom. The van der Waals surface area contributed by atoms with Gasteiger partial charge in [-0.3, -0.25) is 9.59 Å². The number of carbonyl (C=O) groups excluding carboxylic acids is 2. The van der Waals surface area contributed by atoms with Crippen LogP contribution in [0.4, 0.5) is 5.13 Å². The van der Waals surface area contributed by atoms with Crippen molar-refractivity contribution in [1.82, 2.24) is 14.8 Å². The van der Waals surface area contributed by atoms with E-state index in [0.717, 1.165) is 29.1 Å². The van der Waals surface area contributed by atoms with Crippen molar-refractivity contribution in [3.8, 4) is 0 Å². The van der Waals surface area contributed by atoms with Crippen LogP contribution in [0, 0.1) is 13.8 Å². The minimum Gasteiger partial charge on any atom is -0.330 e. The third-order valence-corrected chi connectivity index (χ3v) is 5.16. The summed E-state index contributed by atoms with van der Waals surface area (Å²) in [7, 11) is 3.97. The third kappa shape index (κ3) is 7.25. The first-order chi connectivity index (χ1) is 13.3. The minimum atomic E-state index is -0.236. The van der Waals surface area contributed by atoms with Crippen LogP contribution in [0.1, 0.15) is 22.6 Å². The predicted molar refractivity (Wildman–Crippen MR) is 115 cm³/mol. The molecule has 7 heteroatoms. The number of hydrogen-bond acceptors (Lipinski definition) is 5. The van der Waals surface area contributed by atoms with Gasteiger partial charge in [0.2, 0.25) is 11.8 Å². The van der Waals surface area contributed by atoms with E-state index in [4.69, 9.17) is 0 Å². The Morgan fingerprint density at radius 1 is 1.14 bits per heavy atom. The van der Waals surface area contributed by atoms with Gasteiger partial charge in [0.15, 0.2) is 5.13 Å². The number of nitrogens with zero attached hydrogens (tertiary/aromatic N) is 3. The summed E-state index contributed by atoms with van der Waals surface area (Å²) in [5, 5.41) is 3.37. The number of carbonyl (C=O) groups is 2. The Balaban J connectivity index is 2.01. The largest absolute Gasteiger partial charge is 0.330 e. The molecule has 0 spiro atoms. The minimum absolute atomic E-state index is 0.00304. The first-order valence-electron chi connectivity index (χ1n) is 9.26. The predicted octanol–water partition coefficient (Wildman–Crippen LogP) is 3.19. The van der Waals surface area contributed by atoms with Crippen molar-refractivity contribution < 1.29 is 9.59 Å². The van der Waals surface area contributed by atoms with E-state index in [1.165, 1.54) is 17.4 Å². The molecule has 2 amide bonds. The second-order valence-electron chi connectivity index (χ2n) is 6.87. The molecule has 1 heterocycles. The Morgan fingerprint density at radius 2 is 1.86 bits per heavy atom. The van der Waals surface area contributed by atoms with Gasteiger partial charge in [-0.15, -0.1) is 11.3 Å². The lowest BCUT2D eigenvalue weighted by Gasteiger charge is -2.21. The van der Waals surface area contributed by atoms with E-state index < -0.39 is 0 Å². The van der Waals surface area contributed by atoms with Gasteiger partial charge in [-0.05, 0) is 52.5 Å². The number of benzene rings is 1. The number of thiazole rings is 1. The van der Waals surface area contributed by atoms with Gasteiger partial charge in [-0.25, -0.2) is 4.98 Å². The quantitative estimate of drug-likeness (QED) is 0.657. The number of nitrogens with one attached hydrogen (secondary N) is 1. The third-order valence-electron chi connectivity index (χ3n) is 4.17. The summed E-state index contributed by atoms with van der Waals surface area (Å²) >= 11 is 1.44. The van der Waals surface area contributed by atoms with Gasteiger partial charge in [-0.1, -0.05) is 30.3 Å². The summed E-state index contributed by atoms with van der Waals surface area (Å²) in [5.41, 5.74) is 1.85. The Kier molecular flexibility index (Phi) is 8.35. The highest BCUT2D eigenvalue weighted by molar-refractivity contribution is 7.15. The maximum absolute atomic E-state index is 12.7. The molecule has 0 aliphatic carbocycles. The van der Waals surface area contributed by atoms with Crippen LogP contribution in [-0.4, -0.2) is 60.3 Å². The smallest absolute Gasteiger partial charge is 0.247 e. The molecule has 150 valence electrons. The van der Waals surface area contributed by atoms with Crippen molar-refractivity contribution in [3.05, 3.63) is 52.5 Å². The van der Waals surface area contributed by atoms with Gasteiger partial charge in [0, 0.05) is 17.5 Å². The first kappa shape index (κ1) is 21.8. The van der Waals surface area contributed by atoms with Crippen molar-refractivity contribution >= 4 is 34.4 Å². The molecular formula is C21H28N4O2S. The molecule has 0 bridgehead atoms. The Labute approximate surface area is 170 Å². The molecule has 2 aromatic rings. The fourth-order valence-corrected chi connectivity index (χ4v) is 3.37. The van der Waals surface area contributed by atoms with Crippen LogP contribution in [0.5, 0.6) is 0 Å². The topological polar surface area (TPSA) is 65.5 Å². The van der Waals surface area contributed by atoms with Crippen molar-refractivity contribution in [2.75, 3.05) is 39.0 Å². The highest BCUT2D eigenvalue weighted by Gasteiger charge is 2.16. The molecule has 0 atom stereocenters. The number of aromatic nitrogens is 1. The number of aryl methyl sites for hydroxylation is 2. The molecule has 0 radical (unpaired) electrons. The normalized spacial score (nSPS) is 11.2. The van der Waals surface area contributed by atoms with Crippen LogP contribution in [0.3, 0.4) is 0 Å². The van der Waals surface area contributed by atoms with Crippen LogP contribution in [0.25, 0.3) is 6.08 Å². The first-order valence-corrected chi connectivity index (χ1v) is 10.1. The summed E-state index contributed by atoms with van der Waals surface area (Å²) < 4.78 is 0. The van der Waals surface area contributed by atoms with Crippen LogP contribution in [-0.2, 0) is 9.59 Å². The lowest BCUT2D eigenvalue weighted by molar-refractivity contribution is -0.130. The van der Waals surface area contributed by atoms with E-state index >= 15 is 0 Å². The zero-order chi connectivity index (χ0) is 20.5. The van der Waals surface area contributed by atoms with Gasteiger partial charge in [0.1, 0.15) is 6.54 Å². The fraction of sp³-hybridized carbons (Fsp3) is 0.381. The van der Waals surface area contributed by atoms with Crippen LogP contribution in [0.15, 0.2) is 36.4 Å². The molecule has 1 aromatic carbocycles. The van der Waals surface area contributed by atoms with Gasteiger partial charge in [0.05, 0.1) is 5.69 Å². The van der Waals surface area contributed by atoms with E-state index in [-0.39, 0.29) is 18.4 Å². The highest BCUT2D eigenvalue weighted by Crippen LogP contribution is 2.20. The van der Waals surface area contributed by atoms with Crippen molar-refractivity contribution in [2.24, 2.45) is 0 Å². The number of amides is 2. The van der Waals surface area contributed by atoms with Gasteiger partial charge >= 0.3 is 0 Å². The van der Waals surface area contributed by atoms with Crippen LogP contribution >= 0.6 is 11.3 Å². The Hall–Kier alpha value is -2.51. The molecular weight excluding hydrogens is 372 g/mol. The molecule has 0 fully saturated rings. The molecule has 0 aliphatic rings. The van der Waals surface area contributed by atoms with Crippen molar-refractivity contribution in [1.29, 1.82) is 0 Å². The van der Waals surface area contributed by atoms with E-state index in [1.807, 2.05) is 58.3 Å². The van der Waals surface area contributed by atoms with Crippen molar-refractivity contribution in [3.63, 3.8) is 0 Å². The SMILES string of the molecule is Cc1nc(NC(=O)CN(CCCN(C)C)C(=O)C=Cc2ccccc2)sc1C. The van der Waals surface area contributed by atoms with Crippen LogP contribution in [0.2, 0.25) is 0 Å². The van der Waals surface area contributed by atoms with E-state index in [0.29, 0.717) is 11.7 Å². The molecule has 1 N–H and O–H groups in total. The van der Waals surface area contributed by atoms with E-state index in [9.17, 15) is 9.59 Å². The van der Waals surface area contributed by atoms with Gasteiger partial charge in [0.25, 0.3) is 0 Å². The zero-order valence-electron chi connectivity index (χ0n) is 16.9. The maximum atomic E-state index is 12.7. The second-order valence-corrected chi connectivity index (χ2v) is 8.07. The summed E-state index contributed by atoms with van der Waals surface area (Å²) in [6.07, 6.45) is 4.09. The number of hydrogen-bond donors (Lipinski definition) is 1. The molecule has 0 aliphatic heterocycles. The summed E-state index contributed by atoms with van der Waals surface area (Å²) in [6.45, 7) is 5.24. The monoisotopic (exact) mass is 400 g/mol. The molecule has 28 heavy (non-hydrogen) atoms. The van der Waals surface area contributed by atoms with Gasteiger partial charge < -0.3 is 15.1 Å². The summed E-state index contributed by atoms with van der Waals surface area (Å²) in [5.74, 6) is -0.413. The highest BCUT2D eigenvalue weighted by atomic mass is 32.1. The average molecular weight is 401 g/mol. The average Bonchev–Trinajstić information content (AvgIpc) is 2.96. The molecule has 0 unspecified atom stereocenters. The molecule has 2 rings (SSSR count). The zero-order valence-corrected chi connectivity index (χ0v) is 17.8. The lowest BCUT2D eigenvalue weighted by Crippen LogP contribution is -2.38. The second kappa shape index (κ2) is 10.7. The maximum Gasteiger partial charge on any atom is 0.247 e. The summed E-state index contributed by atoms with van der Waals surface area (Å²) in [4.78, 5) is 34.1. The molecule has 6 nitrogen and oxygen atoms in total. The molecule has 1 aromatic heterocycles. The fourth-order valence-electron chi connectivity index (χ4n) is 2.54. The van der Waals surface area contributed by atoms with E-state index in [2.05, 4.69) is 15.2 Å². The van der Waals surface area contributed by atoms with Crippen molar-refractivity contribution in [2.45, 2.75) is 20.3 Å². The molecule has 0 saturated heterocycles. The number of anilines is 1. The van der Waals surface area contributed by atoms with Gasteiger partial charge in [-0.2, -0.15) is 0 Å².